The van der Waals surface area contributed by atoms with Crippen LogP contribution in [0.4, 0.5) is 0 Å². The third-order valence-electron chi connectivity index (χ3n) is 3.04. The van der Waals surface area contributed by atoms with Gasteiger partial charge in [-0.3, -0.25) is 9.59 Å². The maximum Gasteiger partial charge on any atom is 0.235 e. The van der Waals surface area contributed by atoms with Crippen LogP contribution in [0.5, 0.6) is 0 Å². The number of hydrogen-bond acceptors (Lipinski definition) is 4. The van der Waals surface area contributed by atoms with Crippen molar-refractivity contribution >= 4 is 21.8 Å². The van der Waals surface area contributed by atoms with E-state index in [0.717, 1.165) is 4.68 Å². The van der Waals surface area contributed by atoms with Crippen molar-refractivity contribution in [1.29, 1.82) is 0 Å². The highest BCUT2D eigenvalue weighted by atomic mass is 16.3. The zero-order valence-electron chi connectivity index (χ0n) is 9.74. The lowest BCUT2D eigenvalue weighted by atomic mass is 10.2. The average molecular weight is 252 g/mol. The molecule has 0 bridgehead atoms. The van der Waals surface area contributed by atoms with Gasteiger partial charge in [0.25, 0.3) is 0 Å². The van der Waals surface area contributed by atoms with Gasteiger partial charge in [-0.2, -0.15) is 4.68 Å². The minimum absolute atomic E-state index is 0.184. The predicted molar refractivity (Wildman–Crippen MR) is 73.2 cm³/mol. The third kappa shape index (κ3) is 1.55. The molecule has 19 heavy (non-hydrogen) atoms. The van der Waals surface area contributed by atoms with Gasteiger partial charge in [-0.1, -0.05) is 24.3 Å². The quantitative estimate of drug-likeness (QED) is 0.491. The van der Waals surface area contributed by atoms with Gasteiger partial charge in [-0.25, -0.2) is 0 Å². The Morgan fingerprint density at radius 2 is 1.16 bits per heavy atom. The van der Waals surface area contributed by atoms with E-state index < -0.39 is 10.9 Å². The van der Waals surface area contributed by atoms with Gasteiger partial charge in [0.1, 0.15) is 0 Å². The van der Waals surface area contributed by atoms with Gasteiger partial charge in [0.2, 0.25) is 10.9 Å². The van der Waals surface area contributed by atoms with Crippen molar-refractivity contribution in [2.45, 2.75) is 0 Å². The fourth-order valence-electron chi connectivity index (χ4n) is 2.16. The van der Waals surface area contributed by atoms with E-state index in [1.165, 1.54) is 12.1 Å². The van der Waals surface area contributed by atoms with Crippen LogP contribution in [0.3, 0.4) is 0 Å². The summed E-state index contributed by atoms with van der Waals surface area (Å²) in [6.45, 7) is 0. The van der Waals surface area contributed by atoms with E-state index in [0.29, 0.717) is 11.0 Å². The Hall–Kier alpha value is -2.82. The molecule has 0 aliphatic rings. The molecule has 2 aromatic carbocycles. The second-order valence-electron chi connectivity index (χ2n) is 4.09. The molecule has 0 aliphatic carbocycles. The minimum Gasteiger partial charge on any atom is -0.285 e. The summed E-state index contributed by atoms with van der Waals surface area (Å²) in [5.74, 6) is 0. The lowest BCUT2D eigenvalue weighted by molar-refractivity contribution is 0.948. The van der Waals surface area contributed by atoms with Crippen LogP contribution >= 0.6 is 0 Å². The second-order valence-corrected chi connectivity index (χ2v) is 4.09. The second kappa shape index (κ2) is 4.13. The van der Waals surface area contributed by atoms with Crippen LogP contribution in [0.1, 0.15) is 0 Å². The van der Waals surface area contributed by atoms with E-state index in [2.05, 4.69) is 5.29 Å². The molecular weight excluding hydrogens is 244 g/mol. The van der Waals surface area contributed by atoms with Gasteiger partial charge >= 0.3 is 0 Å². The smallest absolute Gasteiger partial charge is 0.235 e. The van der Waals surface area contributed by atoms with Crippen LogP contribution in [0, 0.1) is 4.91 Å². The fraction of sp³-hybridized carbons (Fsp3) is 0. The Kier molecular flexibility index (Phi) is 2.45. The molecule has 0 fully saturated rings. The SMILES string of the molecule is O=Nn1c2ccccc2c(=O)c(=O)c2ccccc21. The number of hydrogen-bond donors (Lipinski definition) is 0. The first-order valence-corrected chi connectivity index (χ1v) is 5.64. The minimum atomic E-state index is -0.630. The number of fused-ring (bicyclic) bond motifs is 2. The van der Waals surface area contributed by atoms with E-state index in [4.69, 9.17) is 0 Å². The van der Waals surface area contributed by atoms with E-state index in [-0.39, 0.29) is 10.8 Å². The van der Waals surface area contributed by atoms with Gasteiger partial charge < -0.3 is 0 Å². The molecular formula is C14H8N2O3. The maximum absolute atomic E-state index is 12.1. The number of aromatic nitrogens is 1. The van der Waals surface area contributed by atoms with E-state index in [1.54, 1.807) is 36.4 Å². The molecule has 0 radical (unpaired) electrons. The number of para-hydroxylation sites is 2. The molecule has 5 nitrogen and oxygen atoms in total. The van der Waals surface area contributed by atoms with Crippen molar-refractivity contribution in [3.63, 3.8) is 0 Å². The van der Waals surface area contributed by atoms with Crippen molar-refractivity contribution in [3.05, 3.63) is 73.9 Å². The molecule has 0 aliphatic heterocycles. The first kappa shape index (κ1) is 11.3. The van der Waals surface area contributed by atoms with Crippen LogP contribution in [-0.4, -0.2) is 4.68 Å². The van der Waals surface area contributed by atoms with Gasteiger partial charge in [0.05, 0.1) is 27.1 Å². The zero-order chi connectivity index (χ0) is 13.4. The molecule has 0 amide bonds. The third-order valence-corrected chi connectivity index (χ3v) is 3.04. The van der Waals surface area contributed by atoms with Crippen molar-refractivity contribution in [3.8, 4) is 0 Å². The molecule has 0 N–H and O–H groups in total. The average Bonchev–Trinajstić information content (AvgIpc) is 2.55. The molecule has 3 rings (SSSR count). The van der Waals surface area contributed by atoms with Crippen molar-refractivity contribution in [2.24, 2.45) is 5.29 Å². The predicted octanol–water partition coefficient (Wildman–Crippen LogP) is 2.04. The molecule has 92 valence electrons. The standard InChI is InChI=1S/C14H8N2O3/c17-13-9-5-1-3-7-11(9)16(15-19)12-8-4-2-6-10(12)14(13)18/h1-8H. The normalized spacial score (nSPS) is 10.7. The Morgan fingerprint density at radius 3 is 1.58 bits per heavy atom. The van der Waals surface area contributed by atoms with E-state index in [1.807, 2.05) is 0 Å². The van der Waals surface area contributed by atoms with Gasteiger partial charge in [-0.05, 0) is 24.3 Å². The Balaban J connectivity index is 2.86. The largest absolute Gasteiger partial charge is 0.285 e. The summed E-state index contributed by atoms with van der Waals surface area (Å²) in [4.78, 5) is 35.4. The molecule has 5 heteroatoms. The molecule has 3 aromatic rings. The molecule has 0 atom stereocenters. The van der Waals surface area contributed by atoms with Crippen molar-refractivity contribution in [2.75, 3.05) is 0 Å². The lowest BCUT2D eigenvalue weighted by Crippen LogP contribution is -2.20. The highest BCUT2D eigenvalue weighted by Gasteiger charge is 2.10. The summed E-state index contributed by atoms with van der Waals surface area (Å²) in [5, 5.41) is 3.31. The Bertz CT molecular complexity index is 856. The first-order valence-electron chi connectivity index (χ1n) is 5.64. The molecule has 0 saturated carbocycles. The lowest BCUT2D eigenvalue weighted by Gasteiger charge is -1.99. The Labute approximate surface area is 106 Å². The first-order chi connectivity index (χ1) is 9.24. The zero-order valence-corrected chi connectivity index (χ0v) is 9.74. The summed E-state index contributed by atoms with van der Waals surface area (Å²) in [6, 6.07) is 12.9. The molecule has 0 saturated heterocycles. The topological polar surface area (TPSA) is 68.5 Å². The number of benzene rings is 2. The van der Waals surface area contributed by atoms with Crippen molar-refractivity contribution < 1.29 is 0 Å². The number of nitroso groups, excluding NO2 is 1. The van der Waals surface area contributed by atoms with Gasteiger partial charge in [0, 0.05) is 0 Å². The molecule has 1 heterocycles. The Morgan fingerprint density at radius 1 is 0.737 bits per heavy atom. The van der Waals surface area contributed by atoms with Crippen LogP contribution in [0.25, 0.3) is 21.8 Å². The summed E-state index contributed by atoms with van der Waals surface area (Å²) in [7, 11) is 0. The monoisotopic (exact) mass is 252 g/mol. The highest BCUT2D eigenvalue weighted by molar-refractivity contribution is 5.88. The van der Waals surface area contributed by atoms with Crippen molar-refractivity contribution in [1.82, 2.24) is 4.68 Å². The molecule has 0 unspecified atom stereocenters. The number of nitrogens with zero attached hydrogens (tertiary/aromatic N) is 2. The molecule has 1 aromatic heterocycles. The number of rotatable bonds is 1. The van der Waals surface area contributed by atoms with E-state index in [9.17, 15) is 14.5 Å². The van der Waals surface area contributed by atoms with Gasteiger partial charge in [-0.15, -0.1) is 4.91 Å². The summed E-state index contributed by atoms with van der Waals surface area (Å²) in [5.41, 5.74) is -0.620. The summed E-state index contributed by atoms with van der Waals surface area (Å²) in [6.07, 6.45) is 0. The van der Waals surface area contributed by atoms with Crippen LogP contribution in [0.2, 0.25) is 0 Å². The summed E-state index contributed by atoms with van der Waals surface area (Å²) < 4.78 is 1.08. The molecule has 0 spiro atoms. The summed E-state index contributed by atoms with van der Waals surface area (Å²) >= 11 is 0. The van der Waals surface area contributed by atoms with Crippen LogP contribution in [0.15, 0.2) is 63.4 Å². The van der Waals surface area contributed by atoms with E-state index >= 15 is 0 Å². The fourth-order valence-corrected chi connectivity index (χ4v) is 2.16. The maximum atomic E-state index is 12.1. The van der Waals surface area contributed by atoms with Gasteiger partial charge in [0.15, 0.2) is 0 Å². The van der Waals surface area contributed by atoms with Crippen LogP contribution in [-0.2, 0) is 0 Å². The highest BCUT2D eigenvalue weighted by Crippen LogP contribution is 2.15. The van der Waals surface area contributed by atoms with Crippen LogP contribution < -0.4 is 10.9 Å².